The number of nitriles is 1. The molecule has 2 aliphatic rings. The fourth-order valence-corrected chi connectivity index (χ4v) is 3.58. The van der Waals surface area contributed by atoms with E-state index in [9.17, 15) is 19.2 Å². The van der Waals surface area contributed by atoms with Crippen LogP contribution in [0.5, 0.6) is 11.5 Å². The van der Waals surface area contributed by atoms with Crippen LogP contribution in [0.15, 0.2) is 42.5 Å². The summed E-state index contributed by atoms with van der Waals surface area (Å²) in [4.78, 5) is 26.6. The summed E-state index contributed by atoms with van der Waals surface area (Å²) in [5.41, 5.74) is 1.20. The van der Waals surface area contributed by atoms with E-state index in [2.05, 4.69) is 5.32 Å². The lowest BCUT2D eigenvalue weighted by atomic mass is 10.1. The third-order valence-electron chi connectivity index (χ3n) is 5.15. The first-order valence-corrected chi connectivity index (χ1v) is 9.84. The van der Waals surface area contributed by atoms with Gasteiger partial charge in [-0.1, -0.05) is 18.2 Å². The van der Waals surface area contributed by atoms with Gasteiger partial charge in [0, 0.05) is 13.0 Å². The molecule has 2 atom stereocenters. The number of carbonyl (C=O) groups excluding carboxylic acids is 2. The summed E-state index contributed by atoms with van der Waals surface area (Å²) < 4.78 is 29.0. The quantitative estimate of drug-likeness (QED) is 0.790. The van der Waals surface area contributed by atoms with Crippen molar-refractivity contribution in [2.75, 3.05) is 13.3 Å². The summed E-state index contributed by atoms with van der Waals surface area (Å²) in [7, 11) is 0. The number of nitrogens with one attached hydrogen (secondary N) is 1. The zero-order valence-electron chi connectivity index (χ0n) is 16.5. The van der Waals surface area contributed by atoms with Crippen LogP contribution in [0.4, 0.5) is 9.18 Å². The third kappa shape index (κ3) is 4.69. The van der Waals surface area contributed by atoms with Gasteiger partial charge in [-0.25, -0.2) is 9.18 Å². The molecule has 160 valence electrons. The third-order valence-corrected chi connectivity index (χ3v) is 5.15. The highest BCUT2D eigenvalue weighted by molar-refractivity contribution is 5.79. The highest BCUT2D eigenvalue weighted by Crippen LogP contribution is 2.34. The number of hydrogen-bond acceptors (Lipinski definition) is 6. The topological polar surface area (TPSA) is 101 Å². The molecule has 8 nitrogen and oxygen atoms in total. The number of hydrogen-bond donors (Lipinski definition) is 1. The Morgan fingerprint density at radius 2 is 2.00 bits per heavy atom. The molecule has 4 rings (SSSR count). The van der Waals surface area contributed by atoms with E-state index < -0.39 is 18.4 Å². The van der Waals surface area contributed by atoms with Crippen molar-refractivity contribution in [1.82, 2.24) is 10.2 Å². The number of amides is 2. The van der Waals surface area contributed by atoms with Crippen LogP contribution in [-0.4, -0.2) is 36.5 Å². The molecule has 1 N–H and O–H groups in total. The highest BCUT2D eigenvalue weighted by atomic mass is 19.1. The van der Waals surface area contributed by atoms with Crippen LogP contribution >= 0.6 is 0 Å². The second-order valence-corrected chi connectivity index (χ2v) is 7.21. The average molecular weight is 425 g/mol. The fraction of sp³-hybridized carbons (Fsp3) is 0.318. The van der Waals surface area contributed by atoms with E-state index in [0.717, 1.165) is 0 Å². The first-order valence-electron chi connectivity index (χ1n) is 9.84. The number of carbonyl (C=O) groups is 2. The molecular weight excluding hydrogens is 405 g/mol. The second-order valence-electron chi connectivity index (χ2n) is 7.21. The van der Waals surface area contributed by atoms with E-state index in [1.807, 2.05) is 6.07 Å². The molecule has 2 aromatic carbocycles. The zero-order valence-corrected chi connectivity index (χ0v) is 16.5. The Kier molecular flexibility index (Phi) is 5.89. The number of benzene rings is 2. The lowest BCUT2D eigenvalue weighted by Gasteiger charge is -2.25. The van der Waals surface area contributed by atoms with Crippen LogP contribution < -0.4 is 14.8 Å². The predicted molar refractivity (Wildman–Crippen MR) is 105 cm³/mol. The molecule has 2 aromatic rings. The minimum atomic E-state index is -0.952. The first-order chi connectivity index (χ1) is 15.0. The molecule has 0 saturated carbocycles. The van der Waals surface area contributed by atoms with Crippen molar-refractivity contribution in [3.63, 3.8) is 0 Å². The van der Waals surface area contributed by atoms with Crippen LogP contribution in [0, 0.1) is 17.1 Å². The summed E-state index contributed by atoms with van der Waals surface area (Å²) >= 11 is 0. The number of halogens is 1. The van der Waals surface area contributed by atoms with Crippen molar-refractivity contribution >= 4 is 12.0 Å². The van der Waals surface area contributed by atoms with Crippen molar-refractivity contribution in [2.45, 2.75) is 31.5 Å². The number of rotatable bonds is 5. The van der Waals surface area contributed by atoms with Crippen molar-refractivity contribution in [3.05, 3.63) is 59.4 Å². The second kappa shape index (κ2) is 8.92. The number of likely N-dealkylation sites (tertiary alicyclic amines) is 1. The van der Waals surface area contributed by atoms with Gasteiger partial charge in [-0.3, -0.25) is 4.79 Å². The Morgan fingerprint density at radius 1 is 1.23 bits per heavy atom. The molecule has 2 aliphatic heterocycles. The van der Waals surface area contributed by atoms with Gasteiger partial charge < -0.3 is 24.4 Å². The number of fused-ring (bicyclic) bond motifs is 1. The van der Waals surface area contributed by atoms with Gasteiger partial charge in [-0.15, -0.1) is 0 Å². The number of alkyl carbamates (subject to hydrolysis) is 1. The summed E-state index contributed by atoms with van der Waals surface area (Å²) in [6, 6.07) is 11.7. The summed E-state index contributed by atoms with van der Waals surface area (Å²) in [6.07, 6.45) is -0.236. The van der Waals surface area contributed by atoms with Gasteiger partial charge in [-0.05, 0) is 41.8 Å². The fourth-order valence-electron chi connectivity index (χ4n) is 3.58. The molecule has 9 heteroatoms. The molecule has 1 saturated heterocycles. The number of nitrogens with zero attached hydrogens (tertiary/aromatic N) is 2. The van der Waals surface area contributed by atoms with Crippen LogP contribution in [0.3, 0.4) is 0 Å². The van der Waals surface area contributed by atoms with Crippen molar-refractivity contribution < 1.29 is 28.2 Å². The molecule has 0 radical (unpaired) electrons. The molecule has 0 aliphatic carbocycles. The standard InChI is InChI=1S/C22H20FN3O5/c23-16-6-3-14(4-7-16)10-20(27)26-9-1-2-21(26)31-22(28)25-17(12-24)15-5-8-18-19(11-15)30-13-29-18/h3-8,11,17,21H,1-2,9-10,13H2,(H,25,28)/t17?,21-/m0/s1. The zero-order chi connectivity index (χ0) is 21.8. The molecule has 1 fully saturated rings. The maximum atomic E-state index is 13.1. The largest absolute Gasteiger partial charge is 0.454 e. The average Bonchev–Trinajstić information content (AvgIpc) is 3.42. The monoisotopic (exact) mass is 425 g/mol. The lowest BCUT2D eigenvalue weighted by Crippen LogP contribution is -2.41. The Labute approximate surface area is 178 Å². The van der Waals surface area contributed by atoms with E-state index in [4.69, 9.17) is 14.2 Å². The minimum Gasteiger partial charge on any atom is -0.454 e. The normalized spacial score (nSPS) is 17.7. The Balaban J connectivity index is 1.36. The van der Waals surface area contributed by atoms with Crippen molar-refractivity contribution in [1.29, 1.82) is 5.26 Å². The molecule has 0 spiro atoms. The van der Waals surface area contributed by atoms with E-state index in [-0.39, 0.29) is 24.9 Å². The van der Waals surface area contributed by atoms with Gasteiger partial charge in [0.15, 0.2) is 17.7 Å². The number of ether oxygens (including phenoxy) is 3. The summed E-state index contributed by atoms with van der Waals surface area (Å²) in [5, 5.41) is 12.0. The summed E-state index contributed by atoms with van der Waals surface area (Å²) in [6.45, 7) is 0.566. The Bertz CT molecular complexity index is 1020. The van der Waals surface area contributed by atoms with Crippen LogP contribution in [0.25, 0.3) is 0 Å². The lowest BCUT2D eigenvalue weighted by molar-refractivity contribution is -0.137. The molecule has 2 amide bonds. The van der Waals surface area contributed by atoms with Gasteiger partial charge in [-0.2, -0.15) is 5.26 Å². The molecular formula is C22H20FN3O5. The van der Waals surface area contributed by atoms with Crippen LogP contribution in [0.1, 0.15) is 30.0 Å². The van der Waals surface area contributed by atoms with E-state index in [1.165, 1.54) is 17.0 Å². The van der Waals surface area contributed by atoms with Gasteiger partial charge in [0.2, 0.25) is 12.7 Å². The highest BCUT2D eigenvalue weighted by Gasteiger charge is 2.32. The maximum Gasteiger partial charge on any atom is 0.410 e. The first kappa shape index (κ1) is 20.5. The van der Waals surface area contributed by atoms with Gasteiger partial charge in [0.1, 0.15) is 11.9 Å². The molecule has 2 heterocycles. The molecule has 0 aromatic heterocycles. The minimum absolute atomic E-state index is 0.0831. The Hall–Kier alpha value is -3.80. The van der Waals surface area contributed by atoms with E-state index in [1.54, 1.807) is 30.3 Å². The van der Waals surface area contributed by atoms with Gasteiger partial charge >= 0.3 is 6.09 Å². The maximum absolute atomic E-state index is 13.1. The van der Waals surface area contributed by atoms with Crippen LogP contribution in [0.2, 0.25) is 0 Å². The molecule has 0 bridgehead atoms. The van der Waals surface area contributed by atoms with E-state index in [0.29, 0.717) is 42.0 Å². The van der Waals surface area contributed by atoms with Crippen LogP contribution in [-0.2, 0) is 16.0 Å². The van der Waals surface area contributed by atoms with Crippen molar-refractivity contribution in [3.8, 4) is 17.6 Å². The summed E-state index contributed by atoms with van der Waals surface area (Å²) in [5.74, 6) is 0.491. The predicted octanol–water partition coefficient (Wildman–Crippen LogP) is 3.04. The smallest absolute Gasteiger partial charge is 0.410 e. The Morgan fingerprint density at radius 3 is 2.77 bits per heavy atom. The van der Waals surface area contributed by atoms with Gasteiger partial charge in [0.25, 0.3) is 0 Å². The van der Waals surface area contributed by atoms with Gasteiger partial charge in [0.05, 0.1) is 12.5 Å². The SMILES string of the molecule is N#CC(NC(=O)O[C@H]1CCCN1C(=O)Cc1ccc(F)cc1)c1ccc2c(c1)OCO2. The molecule has 31 heavy (non-hydrogen) atoms. The molecule has 1 unspecified atom stereocenters. The van der Waals surface area contributed by atoms with E-state index >= 15 is 0 Å². The van der Waals surface area contributed by atoms with Crippen molar-refractivity contribution in [2.24, 2.45) is 0 Å².